The number of para-hydroxylation sites is 2. The molecule has 2 amide bonds. The van der Waals surface area contributed by atoms with Crippen LogP contribution < -0.4 is 10.6 Å². The van der Waals surface area contributed by atoms with Gasteiger partial charge in [0.25, 0.3) is 5.91 Å². The van der Waals surface area contributed by atoms with Crippen LogP contribution in [-0.2, 0) is 22.6 Å². The molecule has 0 spiro atoms. The van der Waals surface area contributed by atoms with E-state index in [9.17, 15) is 14.4 Å². The first-order valence-corrected chi connectivity index (χ1v) is 12.2. The molecular formula is C28H25N3O4S. The topological polar surface area (TPSA) is 97.4 Å². The van der Waals surface area contributed by atoms with Crippen molar-refractivity contribution in [1.82, 2.24) is 4.98 Å². The Bertz CT molecular complexity index is 1410. The first kappa shape index (κ1) is 24.8. The lowest BCUT2D eigenvalue weighted by atomic mass is 10.1. The van der Waals surface area contributed by atoms with Crippen LogP contribution in [0.1, 0.15) is 42.5 Å². The molecule has 36 heavy (non-hydrogen) atoms. The number of esters is 1. The quantitative estimate of drug-likeness (QED) is 0.310. The van der Waals surface area contributed by atoms with Crippen LogP contribution in [0.4, 0.5) is 11.4 Å². The molecule has 1 aromatic heterocycles. The number of hydrogen-bond acceptors (Lipinski definition) is 6. The van der Waals surface area contributed by atoms with Gasteiger partial charge in [0.05, 0.1) is 23.4 Å². The normalized spacial score (nSPS) is 10.5. The average molecular weight is 500 g/mol. The number of anilines is 2. The van der Waals surface area contributed by atoms with Gasteiger partial charge in [-0.15, -0.1) is 11.3 Å². The Labute approximate surface area is 213 Å². The van der Waals surface area contributed by atoms with E-state index in [0.717, 1.165) is 16.8 Å². The van der Waals surface area contributed by atoms with Gasteiger partial charge in [-0.1, -0.05) is 48.0 Å². The van der Waals surface area contributed by atoms with Gasteiger partial charge in [-0.25, -0.2) is 9.78 Å². The molecule has 8 heteroatoms. The van der Waals surface area contributed by atoms with E-state index < -0.39 is 5.97 Å². The molecule has 0 radical (unpaired) electrons. The van der Waals surface area contributed by atoms with Gasteiger partial charge in [0.2, 0.25) is 5.91 Å². The first-order valence-electron chi connectivity index (χ1n) is 11.3. The highest BCUT2D eigenvalue weighted by atomic mass is 32.1. The molecule has 3 aromatic carbocycles. The Kier molecular flexibility index (Phi) is 7.87. The minimum atomic E-state index is -0.581. The van der Waals surface area contributed by atoms with E-state index >= 15 is 0 Å². The third-order valence-electron chi connectivity index (χ3n) is 5.36. The number of carbonyl (C=O) groups is 3. The molecule has 0 saturated carbocycles. The second-order valence-electron chi connectivity index (χ2n) is 8.22. The molecule has 182 valence electrons. The van der Waals surface area contributed by atoms with Crippen LogP contribution in [0.25, 0.3) is 0 Å². The number of thiazole rings is 1. The van der Waals surface area contributed by atoms with Crippen molar-refractivity contribution < 1.29 is 19.1 Å². The second kappa shape index (κ2) is 11.4. The van der Waals surface area contributed by atoms with Gasteiger partial charge in [-0.05, 0) is 49.7 Å². The van der Waals surface area contributed by atoms with Gasteiger partial charge in [-0.2, -0.15) is 0 Å². The fourth-order valence-electron chi connectivity index (χ4n) is 3.51. The predicted molar refractivity (Wildman–Crippen MR) is 140 cm³/mol. The van der Waals surface area contributed by atoms with Crippen molar-refractivity contribution in [2.24, 2.45) is 0 Å². The van der Waals surface area contributed by atoms with Crippen molar-refractivity contribution in [3.8, 4) is 0 Å². The maximum atomic E-state index is 12.8. The van der Waals surface area contributed by atoms with Gasteiger partial charge in [0.15, 0.2) is 0 Å². The van der Waals surface area contributed by atoms with E-state index in [1.807, 2.05) is 44.2 Å². The van der Waals surface area contributed by atoms with E-state index in [1.54, 1.807) is 47.8 Å². The summed E-state index contributed by atoms with van der Waals surface area (Å²) in [6.45, 7) is 3.79. The third kappa shape index (κ3) is 6.43. The van der Waals surface area contributed by atoms with Crippen LogP contribution in [0.15, 0.2) is 78.2 Å². The molecule has 0 aliphatic rings. The van der Waals surface area contributed by atoms with E-state index in [1.165, 1.54) is 11.3 Å². The summed E-state index contributed by atoms with van der Waals surface area (Å²) >= 11 is 1.33. The summed E-state index contributed by atoms with van der Waals surface area (Å²) in [6, 6.07) is 21.4. The number of ether oxygens (including phenoxy) is 1. The maximum Gasteiger partial charge on any atom is 0.340 e. The first-order chi connectivity index (χ1) is 17.4. The lowest BCUT2D eigenvalue weighted by Gasteiger charge is -2.11. The Hall–Kier alpha value is -4.30. The number of nitrogens with zero attached hydrogens (tertiary/aromatic N) is 1. The van der Waals surface area contributed by atoms with Crippen LogP contribution in [0.5, 0.6) is 0 Å². The Morgan fingerprint density at radius 2 is 1.64 bits per heavy atom. The van der Waals surface area contributed by atoms with E-state index in [4.69, 9.17) is 4.74 Å². The minimum absolute atomic E-state index is 0.0467. The number of aryl methyl sites for hydroxylation is 2. The number of amides is 2. The number of rotatable bonds is 8. The number of carbonyl (C=O) groups excluding carboxylic acids is 3. The smallest absolute Gasteiger partial charge is 0.340 e. The molecule has 4 aromatic rings. The summed E-state index contributed by atoms with van der Waals surface area (Å²) < 4.78 is 5.44. The van der Waals surface area contributed by atoms with Crippen molar-refractivity contribution in [3.63, 3.8) is 0 Å². The molecule has 0 aliphatic carbocycles. The summed E-state index contributed by atoms with van der Waals surface area (Å²) in [6.07, 6.45) is 0.126. The number of aromatic nitrogens is 1. The lowest BCUT2D eigenvalue weighted by molar-refractivity contribution is -0.115. The lowest BCUT2D eigenvalue weighted by Crippen LogP contribution is -2.16. The second-order valence-corrected chi connectivity index (χ2v) is 9.16. The molecule has 1 heterocycles. The fraction of sp³-hybridized carbons (Fsp3) is 0.143. The summed E-state index contributed by atoms with van der Waals surface area (Å²) in [4.78, 5) is 42.2. The summed E-state index contributed by atoms with van der Waals surface area (Å²) in [5, 5.41) is 8.05. The molecule has 0 aliphatic heterocycles. The predicted octanol–water partition coefficient (Wildman–Crippen LogP) is 5.55. The molecule has 0 atom stereocenters. The number of nitrogens with one attached hydrogen (secondary N) is 2. The SMILES string of the molecule is Cc1cccc(C(=O)Nc2ccccc2C(=O)OCc2csc(CC(=O)Nc3ccccc3C)n2)c1. The van der Waals surface area contributed by atoms with Crippen molar-refractivity contribution in [2.75, 3.05) is 10.6 Å². The van der Waals surface area contributed by atoms with Crippen molar-refractivity contribution in [3.05, 3.63) is 111 Å². The summed E-state index contributed by atoms with van der Waals surface area (Å²) in [5.41, 5.74) is 4.36. The van der Waals surface area contributed by atoms with Gasteiger partial charge in [0.1, 0.15) is 11.6 Å². The van der Waals surface area contributed by atoms with Gasteiger partial charge < -0.3 is 15.4 Å². The minimum Gasteiger partial charge on any atom is -0.455 e. The van der Waals surface area contributed by atoms with Crippen LogP contribution >= 0.6 is 11.3 Å². The molecule has 2 N–H and O–H groups in total. The van der Waals surface area contributed by atoms with Crippen molar-refractivity contribution in [1.29, 1.82) is 0 Å². The summed E-state index contributed by atoms with van der Waals surface area (Å²) in [5.74, 6) is -1.06. The number of benzene rings is 3. The fourth-order valence-corrected chi connectivity index (χ4v) is 4.29. The zero-order valence-corrected chi connectivity index (χ0v) is 20.7. The van der Waals surface area contributed by atoms with E-state index in [0.29, 0.717) is 22.0 Å². The Morgan fingerprint density at radius 1 is 0.889 bits per heavy atom. The molecular weight excluding hydrogens is 474 g/mol. The van der Waals surface area contributed by atoms with Gasteiger partial charge in [0, 0.05) is 16.6 Å². The third-order valence-corrected chi connectivity index (χ3v) is 6.25. The molecule has 4 rings (SSSR count). The van der Waals surface area contributed by atoms with Crippen molar-refractivity contribution >= 4 is 40.5 Å². The Balaban J connectivity index is 1.34. The standard InChI is InChI=1S/C28H25N3O4S/c1-18-8-7-10-20(14-18)27(33)31-24-13-6-4-11-22(24)28(34)35-16-21-17-36-26(29-21)15-25(32)30-23-12-5-3-9-19(23)2/h3-14,17H,15-16H2,1-2H3,(H,30,32)(H,31,33). The van der Waals surface area contributed by atoms with Crippen LogP contribution in [0.3, 0.4) is 0 Å². The monoisotopic (exact) mass is 499 g/mol. The largest absolute Gasteiger partial charge is 0.455 e. The zero-order chi connectivity index (χ0) is 25.5. The van der Waals surface area contributed by atoms with Gasteiger partial charge >= 0.3 is 5.97 Å². The molecule has 0 fully saturated rings. The Morgan fingerprint density at radius 3 is 2.42 bits per heavy atom. The van der Waals surface area contributed by atoms with Gasteiger partial charge in [-0.3, -0.25) is 9.59 Å². The van der Waals surface area contributed by atoms with Crippen molar-refractivity contribution in [2.45, 2.75) is 26.9 Å². The van der Waals surface area contributed by atoms with Crippen LogP contribution in [0, 0.1) is 13.8 Å². The summed E-state index contributed by atoms with van der Waals surface area (Å²) in [7, 11) is 0. The van der Waals surface area contributed by atoms with E-state index in [-0.39, 0.29) is 30.4 Å². The highest BCUT2D eigenvalue weighted by Crippen LogP contribution is 2.20. The zero-order valence-electron chi connectivity index (χ0n) is 19.9. The molecule has 0 saturated heterocycles. The molecule has 0 unspecified atom stereocenters. The highest BCUT2D eigenvalue weighted by molar-refractivity contribution is 7.09. The van der Waals surface area contributed by atoms with Crippen LogP contribution in [-0.4, -0.2) is 22.8 Å². The molecule has 7 nitrogen and oxygen atoms in total. The highest BCUT2D eigenvalue weighted by Gasteiger charge is 2.17. The average Bonchev–Trinajstić information content (AvgIpc) is 3.31. The molecule has 0 bridgehead atoms. The van der Waals surface area contributed by atoms with Crippen LogP contribution in [0.2, 0.25) is 0 Å². The number of hydrogen-bond donors (Lipinski definition) is 2. The van der Waals surface area contributed by atoms with E-state index in [2.05, 4.69) is 15.6 Å². The maximum absolute atomic E-state index is 12.8.